The Morgan fingerprint density at radius 3 is 2.72 bits per heavy atom. The van der Waals surface area contributed by atoms with Crippen molar-refractivity contribution in [3.63, 3.8) is 0 Å². The van der Waals surface area contributed by atoms with Crippen LogP contribution < -0.4 is 5.32 Å². The Labute approximate surface area is 261 Å². The summed E-state index contributed by atoms with van der Waals surface area (Å²) >= 11 is 3.71. The van der Waals surface area contributed by atoms with E-state index in [9.17, 15) is 19.5 Å². The van der Waals surface area contributed by atoms with E-state index in [0.29, 0.717) is 25.9 Å². The molecule has 4 aliphatic heterocycles. The van der Waals surface area contributed by atoms with E-state index < -0.39 is 29.3 Å². The third kappa shape index (κ3) is 4.05. The van der Waals surface area contributed by atoms with Gasteiger partial charge < -0.3 is 20.3 Å². The number of carbonyl (C=O) groups excluding carboxylic acids is 3. The summed E-state index contributed by atoms with van der Waals surface area (Å²) in [5.74, 6) is -1.22. The minimum Gasteiger partial charge on any atom is -0.369 e. The van der Waals surface area contributed by atoms with Crippen LogP contribution in [-0.2, 0) is 20.8 Å². The van der Waals surface area contributed by atoms with Crippen molar-refractivity contribution in [2.45, 2.75) is 89.2 Å². The molecule has 1 aromatic carbocycles. The van der Waals surface area contributed by atoms with Crippen LogP contribution in [-0.4, -0.2) is 92.0 Å². The second kappa shape index (κ2) is 9.91. The third-order valence-corrected chi connectivity index (χ3v) is 11.6. The highest BCUT2D eigenvalue weighted by Crippen LogP contribution is 2.50. The van der Waals surface area contributed by atoms with Gasteiger partial charge in [0.05, 0.1) is 16.6 Å². The van der Waals surface area contributed by atoms with Crippen LogP contribution in [0.3, 0.4) is 0 Å². The quantitative estimate of drug-likeness (QED) is 0.457. The van der Waals surface area contributed by atoms with Gasteiger partial charge in [0.1, 0.15) is 11.6 Å². The van der Waals surface area contributed by atoms with Crippen molar-refractivity contribution >= 4 is 50.1 Å². The van der Waals surface area contributed by atoms with E-state index in [0.717, 1.165) is 34.1 Å². The van der Waals surface area contributed by atoms with Gasteiger partial charge >= 0.3 is 0 Å². The molecule has 3 saturated heterocycles. The van der Waals surface area contributed by atoms with Crippen molar-refractivity contribution in [3.8, 4) is 0 Å². The number of hydrogen-bond acceptors (Lipinski definition) is 5. The number of hydrogen-bond donors (Lipinski definition) is 3. The molecular weight excluding hydrogens is 610 g/mol. The van der Waals surface area contributed by atoms with Gasteiger partial charge in [-0.1, -0.05) is 45.9 Å². The number of piperazine rings is 1. The highest BCUT2D eigenvalue weighted by Gasteiger charge is 2.70. The first-order valence-corrected chi connectivity index (χ1v) is 16.6. The number of H-pyrrole nitrogens is 1. The summed E-state index contributed by atoms with van der Waals surface area (Å²) in [5, 5.41) is 16.8. The summed E-state index contributed by atoms with van der Waals surface area (Å²) in [6.45, 7) is 9.04. The molecule has 2 aromatic rings. The number of benzene rings is 1. The summed E-state index contributed by atoms with van der Waals surface area (Å²) < 4.78 is 1.00. The molecule has 0 unspecified atom stereocenters. The lowest BCUT2D eigenvalue weighted by atomic mass is 9.78. The fourth-order valence-electron chi connectivity index (χ4n) is 8.78. The van der Waals surface area contributed by atoms with Gasteiger partial charge in [0.2, 0.25) is 11.8 Å². The Morgan fingerprint density at radius 1 is 1.23 bits per heavy atom. The zero-order valence-corrected chi connectivity index (χ0v) is 27.2. The average Bonchev–Trinajstić information content (AvgIpc) is 3.63. The van der Waals surface area contributed by atoms with E-state index in [1.54, 1.807) is 4.90 Å². The number of fused-ring (bicyclic) bond motifs is 5. The van der Waals surface area contributed by atoms with Gasteiger partial charge in [-0.15, -0.1) is 0 Å². The Morgan fingerprint density at radius 2 is 2.00 bits per heavy atom. The van der Waals surface area contributed by atoms with Crippen LogP contribution in [0.2, 0.25) is 0 Å². The number of amides is 3. The zero-order chi connectivity index (χ0) is 30.6. The van der Waals surface area contributed by atoms with E-state index in [-0.39, 0.29) is 42.0 Å². The minimum absolute atomic E-state index is 0.0765. The van der Waals surface area contributed by atoms with Gasteiger partial charge in [0, 0.05) is 36.5 Å². The SMILES string of the molecule is CC(C)C[C@H]1C(=O)N2CCC[C@H]2[C@]2(O)C[C@](NC(=O)[C@@H]3C=C4c5cccc6[nH]c(Br)c(c56)C[C@H]4N(C)C3)(C(C)C)C(=O)N12. The molecule has 3 fully saturated rings. The molecule has 10 heteroatoms. The summed E-state index contributed by atoms with van der Waals surface area (Å²) in [6, 6.07) is 5.20. The molecule has 1 aromatic heterocycles. The molecule has 0 bridgehead atoms. The molecule has 0 saturated carbocycles. The molecule has 230 valence electrons. The van der Waals surface area contributed by atoms with Gasteiger partial charge in [0.15, 0.2) is 5.72 Å². The second-order valence-corrected chi connectivity index (χ2v) is 15.0. The van der Waals surface area contributed by atoms with Crippen molar-refractivity contribution < 1.29 is 19.5 Å². The lowest BCUT2D eigenvalue weighted by Crippen LogP contribution is -2.70. The zero-order valence-electron chi connectivity index (χ0n) is 25.6. The Balaban J connectivity index is 1.25. The smallest absolute Gasteiger partial charge is 0.251 e. The number of halogens is 1. The molecular formula is C33H42BrN5O4. The molecule has 6 atom stereocenters. The largest absolute Gasteiger partial charge is 0.369 e. The number of nitrogens with zero attached hydrogens (tertiary/aromatic N) is 3. The van der Waals surface area contributed by atoms with Crippen LogP contribution in [0.15, 0.2) is 28.9 Å². The van der Waals surface area contributed by atoms with Gasteiger partial charge in [0.25, 0.3) is 5.91 Å². The molecule has 5 heterocycles. The van der Waals surface area contributed by atoms with Crippen molar-refractivity contribution in [2.24, 2.45) is 17.8 Å². The van der Waals surface area contributed by atoms with Crippen LogP contribution in [0.4, 0.5) is 0 Å². The molecule has 1 aliphatic carbocycles. The van der Waals surface area contributed by atoms with E-state index in [2.05, 4.69) is 56.4 Å². The number of nitrogens with one attached hydrogen (secondary N) is 2. The molecule has 0 spiro atoms. The Kier molecular flexibility index (Phi) is 6.69. The van der Waals surface area contributed by atoms with Gasteiger partial charge in [-0.2, -0.15) is 0 Å². The van der Waals surface area contributed by atoms with Crippen LogP contribution in [0.25, 0.3) is 16.5 Å². The Hall–Kier alpha value is -2.69. The fourth-order valence-corrected chi connectivity index (χ4v) is 9.36. The lowest BCUT2D eigenvalue weighted by molar-refractivity contribution is -0.198. The maximum atomic E-state index is 14.6. The summed E-state index contributed by atoms with van der Waals surface area (Å²) in [4.78, 5) is 51.5. The van der Waals surface area contributed by atoms with E-state index in [4.69, 9.17) is 0 Å². The number of likely N-dealkylation sites (N-methyl/N-ethyl adjacent to an activating group) is 1. The molecule has 3 amide bonds. The molecule has 5 aliphatic rings. The second-order valence-electron chi connectivity index (χ2n) is 14.2. The van der Waals surface area contributed by atoms with Crippen molar-refractivity contribution in [1.82, 2.24) is 25.0 Å². The maximum Gasteiger partial charge on any atom is 0.251 e. The molecule has 7 rings (SSSR count). The van der Waals surface area contributed by atoms with Gasteiger partial charge in [-0.25, -0.2) is 0 Å². The predicted octanol–water partition coefficient (Wildman–Crippen LogP) is 3.65. The molecule has 0 radical (unpaired) electrons. The van der Waals surface area contributed by atoms with Crippen molar-refractivity contribution in [3.05, 3.63) is 40.0 Å². The normalized spacial score (nSPS) is 33.7. The van der Waals surface area contributed by atoms with Crippen LogP contribution in [0.1, 0.15) is 64.5 Å². The summed E-state index contributed by atoms with van der Waals surface area (Å²) in [7, 11) is 2.06. The highest BCUT2D eigenvalue weighted by atomic mass is 79.9. The molecule has 3 N–H and O–H groups in total. The summed E-state index contributed by atoms with van der Waals surface area (Å²) in [6.07, 6.45) is 4.93. The third-order valence-electron chi connectivity index (χ3n) is 10.9. The van der Waals surface area contributed by atoms with E-state index >= 15 is 0 Å². The first-order valence-electron chi connectivity index (χ1n) is 15.8. The van der Waals surface area contributed by atoms with Crippen LogP contribution >= 0.6 is 15.9 Å². The first-order chi connectivity index (χ1) is 20.4. The van der Waals surface area contributed by atoms with E-state index in [1.165, 1.54) is 15.8 Å². The lowest BCUT2D eigenvalue weighted by Gasteiger charge is -2.51. The van der Waals surface area contributed by atoms with Crippen LogP contribution in [0, 0.1) is 17.8 Å². The number of aromatic amines is 1. The predicted molar refractivity (Wildman–Crippen MR) is 168 cm³/mol. The number of carbonyl (C=O) groups is 3. The first kappa shape index (κ1) is 29.0. The fraction of sp³-hybridized carbons (Fsp3) is 0.606. The topological polar surface area (TPSA) is 109 Å². The van der Waals surface area contributed by atoms with Crippen LogP contribution in [0.5, 0.6) is 0 Å². The summed E-state index contributed by atoms with van der Waals surface area (Å²) in [5.41, 5.74) is 1.78. The van der Waals surface area contributed by atoms with Gasteiger partial charge in [-0.3, -0.25) is 24.2 Å². The standard InChI is InChI=1S/C33H42BrN5O4/c1-17(2)12-25-30(41)38-11-7-10-26(38)33(43)16-32(18(3)4,31(42)39(25)33)36-29(40)19-13-21-20-8-6-9-23-27(20)22(28(34)35-23)14-24(21)37(5)15-19/h6,8-9,13,17-19,24-26,35,43H,7,10-12,14-16H2,1-5H3,(H,36,40)/t19-,24-,25+,26+,32+,33-/m1/s1. The van der Waals surface area contributed by atoms with Gasteiger partial charge in [-0.05, 0) is 83.3 Å². The number of rotatable bonds is 5. The number of aliphatic hydroxyl groups is 1. The molecule has 43 heavy (non-hydrogen) atoms. The van der Waals surface area contributed by atoms with Crippen molar-refractivity contribution in [1.29, 1.82) is 0 Å². The van der Waals surface area contributed by atoms with Crippen molar-refractivity contribution in [2.75, 3.05) is 20.1 Å². The Bertz CT molecular complexity index is 1570. The maximum absolute atomic E-state index is 14.6. The highest BCUT2D eigenvalue weighted by molar-refractivity contribution is 9.10. The molecule has 9 nitrogen and oxygen atoms in total. The number of aromatic nitrogens is 1. The van der Waals surface area contributed by atoms with E-state index in [1.807, 2.05) is 33.8 Å². The average molecular weight is 653 g/mol. The minimum atomic E-state index is -1.51. The monoisotopic (exact) mass is 651 g/mol.